The van der Waals surface area contributed by atoms with E-state index in [-0.39, 0.29) is 30.1 Å². The molecule has 1 unspecified atom stereocenters. The number of hydrogen-bond donors (Lipinski definition) is 2. The average Bonchev–Trinajstić information content (AvgIpc) is 2.59. The van der Waals surface area contributed by atoms with Crippen molar-refractivity contribution in [2.75, 3.05) is 26.3 Å². The Labute approximate surface area is 146 Å². The van der Waals surface area contributed by atoms with E-state index in [2.05, 4.69) is 10.6 Å². The summed E-state index contributed by atoms with van der Waals surface area (Å²) in [6.45, 7) is 2.92. The third-order valence-corrected chi connectivity index (χ3v) is 4.68. The lowest BCUT2D eigenvalue weighted by Gasteiger charge is -2.35. The molecule has 2 N–H and O–H groups in total. The Morgan fingerprint density at radius 1 is 1.36 bits per heavy atom. The van der Waals surface area contributed by atoms with Gasteiger partial charge in [-0.25, -0.2) is 4.39 Å². The average molecular weight is 349 g/mol. The summed E-state index contributed by atoms with van der Waals surface area (Å²) in [5, 5.41) is 5.81. The zero-order valence-electron chi connectivity index (χ0n) is 14.2. The van der Waals surface area contributed by atoms with Crippen LogP contribution in [0.3, 0.4) is 0 Å². The van der Waals surface area contributed by atoms with Crippen LogP contribution >= 0.6 is 0 Å². The van der Waals surface area contributed by atoms with Gasteiger partial charge in [0.25, 0.3) is 0 Å². The predicted molar refractivity (Wildman–Crippen MR) is 90.2 cm³/mol. The minimum absolute atomic E-state index is 0.110. The van der Waals surface area contributed by atoms with Gasteiger partial charge in [-0.2, -0.15) is 0 Å². The number of piperazine rings is 1. The van der Waals surface area contributed by atoms with Gasteiger partial charge in [-0.3, -0.25) is 14.5 Å². The molecule has 0 saturated carbocycles. The molecule has 6 nitrogen and oxygen atoms in total. The normalized spacial score (nSPS) is 22.4. The van der Waals surface area contributed by atoms with E-state index in [1.54, 1.807) is 6.07 Å². The van der Waals surface area contributed by atoms with E-state index in [1.165, 1.54) is 12.1 Å². The summed E-state index contributed by atoms with van der Waals surface area (Å²) in [6.07, 6.45) is 1.71. The van der Waals surface area contributed by atoms with Gasteiger partial charge in [-0.1, -0.05) is 12.1 Å². The van der Waals surface area contributed by atoms with Crippen LogP contribution in [0.1, 0.15) is 24.8 Å². The highest BCUT2D eigenvalue weighted by Crippen LogP contribution is 2.15. The summed E-state index contributed by atoms with van der Waals surface area (Å²) in [5.41, 5.74) is 0.796. The highest BCUT2D eigenvalue weighted by atomic mass is 19.1. The highest BCUT2D eigenvalue weighted by molar-refractivity contribution is 5.88. The fraction of sp³-hybridized carbons (Fsp3) is 0.556. The zero-order valence-corrected chi connectivity index (χ0v) is 14.2. The molecule has 1 atom stereocenters. The van der Waals surface area contributed by atoms with Gasteiger partial charge >= 0.3 is 0 Å². The number of benzene rings is 1. The summed E-state index contributed by atoms with van der Waals surface area (Å²) < 4.78 is 18.7. The van der Waals surface area contributed by atoms with Crippen LogP contribution in [0.4, 0.5) is 4.39 Å². The van der Waals surface area contributed by atoms with Crippen LogP contribution in [-0.2, 0) is 20.9 Å². The second-order valence-electron chi connectivity index (χ2n) is 6.57. The molecular formula is C18H24FN3O3. The largest absolute Gasteiger partial charge is 0.381 e. The van der Waals surface area contributed by atoms with Crippen molar-refractivity contribution in [1.82, 2.24) is 15.5 Å². The Morgan fingerprint density at radius 3 is 2.92 bits per heavy atom. The maximum Gasteiger partial charge on any atom is 0.237 e. The Kier molecular flexibility index (Phi) is 5.99. The fourth-order valence-corrected chi connectivity index (χ4v) is 3.35. The molecule has 1 aromatic carbocycles. The second-order valence-corrected chi connectivity index (χ2v) is 6.57. The number of hydrogen-bond acceptors (Lipinski definition) is 4. The summed E-state index contributed by atoms with van der Waals surface area (Å²) in [5.74, 6) is -0.573. The highest BCUT2D eigenvalue weighted by Gasteiger charge is 2.32. The van der Waals surface area contributed by atoms with E-state index in [0.29, 0.717) is 32.8 Å². The quantitative estimate of drug-likeness (QED) is 0.825. The number of ether oxygens (including phenoxy) is 1. The molecule has 0 aromatic heterocycles. The van der Waals surface area contributed by atoms with Gasteiger partial charge in [0.1, 0.15) is 5.82 Å². The van der Waals surface area contributed by atoms with Gasteiger partial charge in [0.15, 0.2) is 0 Å². The molecule has 2 aliphatic rings. The minimum atomic E-state index is -0.531. The van der Waals surface area contributed by atoms with Crippen molar-refractivity contribution in [3.05, 3.63) is 35.6 Å². The predicted octanol–water partition coefficient (Wildman–Crippen LogP) is 0.811. The lowest BCUT2D eigenvalue weighted by atomic mass is 10.0. The Hall–Kier alpha value is -1.99. The number of nitrogens with zero attached hydrogens (tertiary/aromatic N) is 1. The van der Waals surface area contributed by atoms with Crippen molar-refractivity contribution >= 4 is 11.8 Å². The van der Waals surface area contributed by atoms with Crippen LogP contribution in [0.25, 0.3) is 0 Å². The first-order valence-corrected chi connectivity index (χ1v) is 8.75. The summed E-state index contributed by atoms with van der Waals surface area (Å²) in [7, 11) is 0. The van der Waals surface area contributed by atoms with Crippen molar-refractivity contribution in [3.63, 3.8) is 0 Å². The van der Waals surface area contributed by atoms with Gasteiger partial charge in [0.2, 0.25) is 11.8 Å². The van der Waals surface area contributed by atoms with E-state index in [1.807, 2.05) is 11.0 Å². The van der Waals surface area contributed by atoms with E-state index in [9.17, 15) is 14.0 Å². The van der Waals surface area contributed by atoms with Crippen molar-refractivity contribution < 1.29 is 18.7 Å². The van der Waals surface area contributed by atoms with Gasteiger partial charge in [0.05, 0.1) is 12.5 Å². The fourth-order valence-electron chi connectivity index (χ4n) is 3.35. The van der Waals surface area contributed by atoms with E-state index < -0.39 is 6.04 Å². The lowest BCUT2D eigenvalue weighted by Crippen LogP contribution is -2.56. The van der Waals surface area contributed by atoms with Crippen molar-refractivity contribution in [2.45, 2.75) is 37.9 Å². The second kappa shape index (κ2) is 8.40. The van der Waals surface area contributed by atoms with E-state index >= 15 is 0 Å². The standard InChI is InChI=1S/C18H24FN3O3/c19-14-3-1-2-13(10-14)12-22-7-6-20-18(24)16(22)11-17(23)21-15-4-8-25-9-5-15/h1-3,10,15-16H,4-9,11-12H2,(H,20,24)(H,21,23). The molecule has 0 radical (unpaired) electrons. The van der Waals surface area contributed by atoms with E-state index in [4.69, 9.17) is 4.74 Å². The molecule has 7 heteroatoms. The molecule has 1 aromatic rings. The first-order valence-electron chi connectivity index (χ1n) is 8.75. The molecule has 0 aliphatic carbocycles. The van der Waals surface area contributed by atoms with Crippen LogP contribution in [0.15, 0.2) is 24.3 Å². The number of halogens is 1. The first kappa shape index (κ1) is 17.8. The van der Waals surface area contributed by atoms with Gasteiger partial charge in [-0.15, -0.1) is 0 Å². The molecule has 2 heterocycles. The molecule has 2 amide bonds. The third kappa shape index (κ3) is 4.99. The minimum Gasteiger partial charge on any atom is -0.381 e. The number of carbonyl (C=O) groups is 2. The molecule has 0 bridgehead atoms. The van der Waals surface area contributed by atoms with Crippen molar-refractivity contribution in [2.24, 2.45) is 0 Å². The molecule has 136 valence electrons. The molecule has 0 spiro atoms. The van der Waals surface area contributed by atoms with Gasteiger partial charge < -0.3 is 15.4 Å². The van der Waals surface area contributed by atoms with Crippen LogP contribution in [0, 0.1) is 5.82 Å². The molecule has 2 fully saturated rings. The number of amides is 2. The first-order chi connectivity index (χ1) is 12.1. The Bertz CT molecular complexity index is 619. The van der Waals surface area contributed by atoms with Crippen LogP contribution in [-0.4, -0.2) is 55.1 Å². The number of rotatable bonds is 5. The van der Waals surface area contributed by atoms with Gasteiger partial charge in [0, 0.05) is 38.9 Å². The van der Waals surface area contributed by atoms with Crippen LogP contribution < -0.4 is 10.6 Å². The molecular weight excluding hydrogens is 325 g/mol. The summed E-state index contributed by atoms with van der Waals surface area (Å²) in [6, 6.07) is 5.93. The third-order valence-electron chi connectivity index (χ3n) is 4.68. The summed E-state index contributed by atoms with van der Waals surface area (Å²) >= 11 is 0. The molecule has 3 rings (SSSR count). The smallest absolute Gasteiger partial charge is 0.237 e. The van der Waals surface area contributed by atoms with Gasteiger partial charge in [-0.05, 0) is 30.5 Å². The topological polar surface area (TPSA) is 70.7 Å². The Balaban J connectivity index is 1.61. The Morgan fingerprint density at radius 2 is 2.16 bits per heavy atom. The number of carbonyl (C=O) groups excluding carboxylic acids is 2. The molecule has 2 saturated heterocycles. The molecule has 25 heavy (non-hydrogen) atoms. The van der Waals surface area contributed by atoms with Crippen LogP contribution in [0.2, 0.25) is 0 Å². The van der Waals surface area contributed by atoms with Crippen LogP contribution in [0.5, 0.6) is 0 Å². The maximum absolute atomic E-state index is 13.4. The molecule has 2 aliphatic heterocycles. The zero-order chi connectivity index (χ0) is 17.6. The van der Waals surface area contributed by atoms with Crippen molar-refractivity contribution in [1.29, 1.82) is 0 Å². The summed E-state index contributed by atoms with van der Waals surface area (Å²) in [4.78, 5) is 26.6. The lowest BCUT2D eigenvalue weighted by molar-refractivity contribution is -0.134. The maximum atomic E-state index is 13.4. The SMILES string of the molecule is O=C(CC1C(=O)NCCN1Cc1cccc(F)c1)NC1CCOCC1. The number of nitrogens with one attached hydrogen (secondary N) is 2. The monoisotopic (exact) mass is 349 g/mol. The van der Waals surface area contributed by atoms with E-state index in [0.717, 1.165) is 18.4 Å². The van der Waals surface area contributed by atoms with Crippen molar-refractivity contribution in [3.8, 4) is 0 Å².